The Balaban J connectivity index is 1.61. The third-order valence-corrected chi connectivity index (χ3v) is 6.00. The summed E-state index contributed by atoms with van der Waals surface area (Å²) in [6, 6.07) is 3.28. The fourth-order valence-corrected chi connectivity index (χ4v) is 4.48. The van der Waals surface area contributed by atoms with Crippen molar-refractivity contribution >= 4 is 35.1 Å². The molecule has 0 spiro atoms. The van der Waals surface area contributed by atoms with E-state index >= 15 is 4.39 Å². The van der Waals surface area contributed by atoms with Crippen LogP contribution in [-0.4, -0.2) is 58.0 Å². The molecule has 2 aromatic rings. The highest BCUT2D eigenvalue weighted by molar-refractivity contribution is 5.86. The molecule has 40 heavy (non-hydrogen) atoms. The van der Waals surface area contributed by atoms with Crippen molar-refractivity contribution in [2.45, 2.75) is 78.9 Å². The molecule has 2 aliphatic rings. The predicted molar refractivity (Wildman–Crippen MR) is 151 cm³/mol. The van der Waals surface area contributed by atoms with E-state index in [-0.39, 0.29) is 5.82 Å². The van der Waals surface area contributed by atoms with Gasteiger partial charge in [-0.3, -0.25) is 5.32 Å². The van der Waals surface area contributed by atoms with E-state index in [4.69, 9.17) is 14.2 Å². The molecule has 0 bridgehead atoms. The number of nitrogens with zero attached hydrogens (tertiary/aromatic N) is 3. The normalized spacial score (nSPS) is 15.4. The minimum Gasteiger partial charge on any atom is -0.491 e. The summed E-state index contributed by atoms with van der Waals surface area (Å²) in [5.41, 5.74) is 1.53. The van der Waals surface area contributed by atoms with Crippen molar-refractivity contribution in [2.24, 2.45) is 0 Å². The minimum atomic E-state index is -0.653. The lowest BCUT2D eigenvalue weighted by Crippen LogP contribution is -2.37. The number of aryl methyl sites for hydroxylation is 1. The van der Waals surface area contributed by atoms with E-state index in [1.807, 2.05) is 26.8 Å². The van der Waals surface area contributed by atoms with Gasteiger partial charge in [-0.15, -0.1) is 0 Å². The molecule has 10 nitrogen and oxygen atoms in total. The summed E-state index contributed by atoms with van der Waals surface area (Å²) in [5, 5.41) is 5.69. The first-order valence-corrected chi connectivity index (χ1v) is 13.5. The summed E-state index contributed by atoms with van der Waals surface area (Å²) < 4.78 is 32.8. The molecule has 0 aliphatic carbocycles. The van der Waals surface area contributed by atoms with E-state index < -0.39 is 29.2 Å². The van der Waals surface area contributed by atoms with Gasteiger partial charge in [-0.25, -0.2) is 23.9 Å². The molecular formula is C29H38FN5O5. The van der Waals surface area contributed by atoms with Gasteiger partial charge < -0.3 is 24.4 Å². The molecule has 0 radical (unpaired) electrons. The van der Waals surface area contributed by atoms with Crippen LogP contribution >= 0.6 is 0 Å². The SMILES string of the molecule is Cc1cc(NC(=O)OC(C)(C)C)cc(Nc2nc3c(c(C4=CCN(C(=O)OC(C)(C)C)CCC4)c2F)OCC3)n1. The van der Waals surface area contributed by atoms with E-state index in [2.05, 4.69) is 20.6 Å². The molecule has 2 N–H and O–H groups in total. The monoisotopic (exact) mass is 555 g/mol. The molecule has 0 unspecified atom stereocenters. The molecule has 0 saturated heterocycles. The number of hydrogen-bond acceptors (Lipinski definition) is 8. The first-order chi connectivity index (χ1) is 18.7. The third-order valence-electron chi connectivity index (χ3n) is 6.00. The van der Waals surface area contributed by atoms with Crippen LogP contribution in [0.25, 0.3) is 5.57 Å². The Morgan fingerprint density at radius 1 is 1.05 bits per heavy atom. The summed E-state index contributed by atoms with van der Waals surface area (Å²) >= 11 is 0. The average Bonchev–Trinajstić information content (AvgIpc) is 3.11. The van der Waals surface area contributed by atoms with Gasteiger partial charge >= 0.3 is 12.2 Å². The Hall–Kier alpha value is -3.89. The van der Waals surface area contributed by atoms with Crippen LogP contribution in [0.2, 0.25) is 0 Å². The van der Waals surface area contributed by atoms with Crippen molar-refractivity contribution in [2.75, 3.05) is 30.3 Å². The van der Waals surface area contributed by atoms with Crippen molar-refractivity contribution in [3.8, 4) is 5.75 Å². The molecule has 4 rings (SSSR count). The van der Waals surface area contributed by atoms with Gasteiger partial charge in [-0.2, -0.15) is 0 Å². The fraction of sp³-hybridized carbons (Fsp3) is 0.517. The second-order valence-electron chi connectivity index (χ2n) is 11.9. The zero-order valence-corrected chi connectivity index (χ0v) is 24.2. The number of fused-ring (bicyclic) bond motifs is 1. The van der Waals surface area contributed by atoms with Crippen molar-refractivity contribution < 1.29 is 28.2 Å². The van der Waals surface area contributed by atoms with Crippen LogP contribution in [-0.2, 0) is 15.9 Å². The Morgan fingerprint density at radius 2 is 1.77 bits per heavy atom. The number of anilines is 3. The molecule has 11 heteroatoms. The van der Waals surface area contributed by atoms with Crippen LogP contribution in [0.3, 0.4) is 0 Å². The number of halogens is 1. The van der Waals surface area contributed by atoms with Crippen LogP contribution in [0.15, 0.2) is 18.2 Å². The first-order valence-electron chi connectivity index (χ1n) is 13.5. The zero-order valence-electron chi connectivity index (χ0n) is 24.2. The maximum Gasteiger partial charge on any atom is 0.412 e. The highest BCUT2D eigenvalue weighted by Gasteiger charge is 2.29. The van der Waals surface area contributed by atoms with Crippen molar-refractivity contribution in [1.82, 2.24) is 14.9 Å². The number of aromatic nitrogens is 2. The van der Waals surface area contributed by atoms with Crippen molar-refractivity contribution in [3.05, 3.63) is 41.0 Å². The highest BCUT2D eigenvalue weighted by Crippen LogP contribution is 2.40. The van der Waals surface area contributed by atoms with Gasteiger partial charge in [-0.1, -0.05) is 6.08 Å². The number of hydrogen-bond donors (Lipinski definition) is 2. The molecule has 216 valence electrons. The lowest BCUT2D eigenvalue weighted by Gasteiger charge is -2.25. The summed E-state index contributed by atoms with van der Waals surface area (Å²) in [6.45, 7) is 13.8. The second-order valence-corrected chi connectivity index (χ2v) is 11.9. The number of carbonyl (C=O) groups excluding carboxylic acids is 2. The molecule has 0 saturated carbocycles. The third kappa shape index (κ3) is 7.40. The van der Waals surface area contributed by atoms with Gasteiger partial charge in [0.25, 0.3) is 0 Å². The summed E-state index contributed by atoms with van der Waals surface area (Å²) in [5.74, 6) is 0.190. The highest BCUT2D eigenvalue weighted by atomic mass is 19.1. The Morgan fingerprint density at radius 3 is 2.48 bits per heavy atom. The number of ether oxygens (including phenoxy) is 3. The fourth-order valence-electron chi connectivity index (χ4n) is 4.48. The number of carbonyl (C=O) groups is 2. The van der Waals surface area contributed by atoms with Gasteiger partial charge in [0.2, 0.25) is 0 Å². The van der Waals surface area contributed by atoms with Gasteiger partial charge in [0.05, 0.1) is 17.9 Å². The lowest BCUT2D eigenvalue weighted by atomic mass is 9.99. The van der Waals surface area contributed by atoms with E-state index in [0.29, 0.717) is 73.2 Å². The van der Waals surface area contributed by atoms with Gasteiger partial charge in [0.1, 0.15) is 17.0 Å². The summed E-state index contributed by atoms with van der Waals surface area (Å²) in [7, 11) is 0. The Labute approximate surface area is 234 Å². The van der Waals surface area contributed by atoms with Crippen LogP contribution in [0.4, 0.5) is 31.3 Å². The molecule has 0 atom stereocenters. The lowest BCUT2D eigenvalue weighted by molar-refractivity contribution is 0.0273. The number of pyridine rings is 2. The first kappa shape index (κ1) is 29.1. The second kappa shape index (κ2) is 11.3. The Bertz CT molecular complexity index is 1330. The zero-order chi connectivity index (χ0) is 29.2. The number of amides is 2. The Kier molecular flexibility index (Phi) is 8.23. The van der Waals surface area contributed by atoms with Crippen LogP contribution in [0.5, 0.6) is 5.75 Å². The van der Waals surface area contributed by atoms with E-state index in [1.54, 1.807) is 44.7 Å². The van der Waals surface area contributed by atoms with Gasteiger partial charge in [-0.05, 0) is 72.9 Å². The van der Waals surface area contributed by atoms with E-state index in [0.717, 1.165) is 5.57 Å². The van der Waals surface area contributed by atoms with Gasteiger partial charge in [0.15, 0.2) is 17.4 Å². The molecule has 4 heterocycles. The molecule has 2 aliphatic heterocycles. The van der Waals surface area contributed by atoms with Crippen molar-refractivity contribution in [1.29, 1.82) is 0 Å². The maximum atomic E-state index is 16.1. The standard InChI is InChI=1S/C29H38FN5O5/c1-17-15-19(32-26(36)39-28(2,3)4)16-21(31-17)34-25-23(30)22(24-20(33-25)11-14-38-24)18-9-8-12-35(13-10-18)27(37)40-29(5,6)7/h10,15-16H,8-9,11-14H2,1-7H3,(H2,31,32,33,34,36). The number of rotatable bonds is 4. The molecular weight excluding hydrogens is 517 g/mol. The number of allylic oxidation sites excluding steroid dienone is 1. The molecule has 0 aromatic carbocycles. The van der Waals surface area contributed by atoms with Gasteiger partial charge in [0, 0.05) is 37.0 Å². The largest absolute Gasteiger partial charge is 0.491 e. The van der Waals surface area contributed by atoms with Crippen molar-refractivity contribution in [3.63, 3.8) is 0 Å². The molecule has 2 amide bonds. The van der Waals surface area contributed by atoms with E-state index in [1.165, 1.54) is 0 Å². The predicted octanol–water partition coefficient (Wildman–Crippen LogP) is 6.36. The van der Waals surface area contributed by atoms with Crippen LogP contribution < -0.4 is 15.4 Å². The molecule has 2 aromatic heterocycles. The smallest absolute Gasteiger partial charge is 0.412 e. The van der Waals surface area contributed by atoms with E-state index in [9.17, 15) is 9.59 Å². The quantitative estimate of drug-likeness (QED) is 0.448. The topological polar surface area (TPSA) is 115 Å². The molecule has 0 fully saturated rings. The summed E-state index contributed by atoms with van der Waals surface area (Å²) in [6.07, 6.45) is 2.60. The summed E-state index contributed by atoms with van der Waals surface area (Å²) in [4.78, 5) is 35.5. The van der Waals surface area contributed by atoms with Crippen LogP contribution in [0, 0.1) is 12.7 Å². The minimum absolute atomic E-state index is 0.00899. The maximum absolute atomic E-state index is 16.1. The van der Waals surface area contributed by atoms with Crippen LogP contribution in [0.1, 0.15) is 71.3 Å². The number of nitrogens with one attached hydrogen (secondary N) is 2. The average molecular weight is 556 g/mol.